The van der Waals surface area contributed by atoms with E-state index in [-0.39, 0.29) is 0 Å². The van der Waals surface area contributed by atoms with E-state index in [1.807, 2.05) is 18.2 Å². The number of hydrogen-bond donors (Lipinski definition) is 0. The Morgan fingerprint density at radius 3 is 2.27 bits per heavy atom. The van der Waals surface area contributed by atoms with Crippen LogP contribution in [0.3, 0.4) is 0 Å². The molecular formula is C9H9ClPd. The molecular weight excluding hydrogens is 250 g/mol. The van der Waals surface area contributed by atoms with Gasteiger partial charge in [-0.05, 0) is 12.0 Å². The predicted octanol–water partition coefficient (Wildman–Crippen LogP) is 2.91. The zero-order valence-electron chi connectivity index (χ0n) is 5.94. The van der Waals surface area contributed by atoms with Crippen LogP contribution in [0, 0.1) is 6.58 Å². The maximum atomic E-state index is 5.24. The molecule has 0 radical (unpaired) electrons. The summed E-state index contributed by atoms with van der Waals surface area (Å²) < 4.78 is 0. The molecule has 0 atom stereocenters. The van der Waals surface area contributed by atoms with Crippen molar-refractivity contribution in [2.24, 2.45) is 0 Å². The van der Waals surface area contributed by atoms with Crippen molar-refractivity contribution in [3.05, 3.63) is 48.6 Å². The van der Waals surface area contributed by atoms with Gasteiger partial charge in [0.05, 0.1) is 0 Å². The molecule has 1 aromatic rings. The molecule has 0 saturated carbocycles. The van der Waals surface area contributed by atoms with Gasteiger partial charge in [-0.25, -0.2) is 0 Å². The Bertz CT molecular complexity index is 184. The van der Waals surface area contributed by atoms with Crippen LogP contribution in [-0.2, 0) is 24.6 Å². The van der Waals surface area contributed by atoms with E-state index in [9.17, 15) is 0 Å². The van der Waals surface area contributed by atoms with Gasteiger partial charge in [0, 0.05) is 0 Å². The fourth-order valence-corrected chi connectivity index (χ4v) is 0.750. The van der Waals surface area contributed by atoms with Gasteiger partial charge in [-0.2, -0.15) is 0 Å². The first-order valence-electron chi connectivity index (χ1n) is 3.13. The van der Waals surface area contributed by atoms with Gasteiger partial charge in [-0.15, -0.1) is 0 Å². The molecule has 0 N–H and O–H groups in total. The van der Waals surface area contributed by atoms with Crippen molar-refractivity contribution >= 4 is 9.53 Å². The summed E-state index contributed by atoms with van der Waals surface area (Å²) in [6.45, 7) is 5.24. The number of rotatable bonds is 2. The second-order valence-electron chi connectivity index (χ2n) is 1.93. The van der Waals surface area contributed by atoms with Crippen molar-refractivity contribution < 1.29 is 18.2 Å². The van der Waals surface area contributed by atoms with Gasteiger partial charge in [0.1, 0.15) is 0 Å². The van der Waals surface area contributed by atoms with Gasteiger partial charge in [0.25, 0.3) is 0 Å². The monoisotopic (exact) mass is 258 g/mol. The van der Waals surface area contributed by atoms with Gasteiger partial charge in [0.2, 0.25) is 0 Å². The molecule has 2 heteroatoms. The van der Waals surface area contributed by atoms with Crippen molar-refractivity contribution in [3.63, 3.8) is 0 Å². The summed E-state index contributed by atoms with van der Waals surface area (Å²) >= 11 is 2.22. The van der Waals surface area contributed by atoms with E-state index in [4.69, 9.17) is 6.58 Å². The van der Waals surface area contributed by atoms with Crippen molar-refractivity contribution in [1.29, 1.82) is 0 Å². The first-order chi connectivity index (χ1) is 5.43. The molecule has 0 aliphatic heterocycles. The van der Waals surface area contributed by atoms with Gasteiger partial charge in [-0.1, -0.05) is 30.3 Å². The fraction of sp³-hybridized carbons (Fsp3) is 0.111. The summed E-state index contributed by atoms with van der Waals surface area (Å²) in [5.41, 5.74) is 1.26. The Balaban J connectivity index is 0.000000461. The summed E-state index contributed by atoms with van der Waals surface area (Å²) in [5.74, 6) is 0. The second kappa shape index (κ2) is 8.01. The van der Waals surface area contributed by atoms with E-state index in [0.29, 0.717) is 0 Å². The van der Waals surface area contributed by atoms with Crippen LogP contribution in [0.1, 0.15) is 5.56 Å². The fourth-order valence-electron chi connectivity index (χ4n) is 0.750. The Labute approximate surface area is 82.6 Å². The Morgan fingerprint density at radius 1 is 1.27 bits per heavy atom. The predicted molar refractivity (Wildman–Crippen MR) is 44.9 cm³/mol. The second-order valence-corrected chi connectivity index (χ2v) is 1.93. The summed E-state index contributed by atoms with van der Waals surface area (Å²) in [6, 6.07) is 10.1. The molecule has 62 valence electrons. The van der Waals surface area contributed by atoms with Crippen molar-refractivity contribution in [2.45, 2.75) is 6.42 Å². The quantitative estimate of drug-likeness (QED) is 0.566. The third-order valence-electron chi connectivity index (χ3n) is 1.20. The maximum absolute atomic E-state index is 5.24. The molecule has 0 amide bonds. The molecule has 1 aromatic carbocycles. The van der Waals surface area contributed by atoms with Crippen molar-refractivity contribution in [2.75, 3.05) is 0 Å². The van der Waals surface area contributed by atoms with E-state index >= 15 is 0 Å². The molecule has 0 bridgehead atoms. The molecule has 0 unspecified atom stereocenters. The Kier molecular flexibility index (Phi) is 7.95. The molecule has 0 saturated heterocycles. The van der Waals surface area contributed by atoms with Crippen LogP contribution in [0.25, 0.3) is 0 Å². The minimum atomic E-state index is 0.862. The molecule has 0 heterocycles. The minimum absolute atomic E-state index is 0.862. The zero-order chi connectivity index (χ0) is 8.53. The Hall–Kier alpha value is -0.0877. The summed E-state index contributed by atoms with van der Waals surface area (Å²) in [4.78, 5) is 0. The van der Waals surface area contributed by atoms with Crippen molar-refractivity contribution in [3.8, 4) is 0 Å². The molecule has 0 spiro atoms. The van der Waals surface area contributed by atoms with Crippen LogP contribution in [0.5, 0.6) is 0 Å². The number of halogens is 1. The van der Waals surface area contributed by atoms with Gasteiger partial charge >= 0.3 is 27.7 Å². The summed E-state index contributed by atoms with van der Waals surface area (Å²) in [7, 11) is 4.49. The average Bonchev–Trinajstić information content (AvgIpc) is 2.11. The number of benzene rings is 1. The first-order valence-corrected chi connectivity index (χ1v) is 5.13. The van der Waals surface area contributed by atoms with E-state index in [0.717, 1.165) is 6.42 Å². The molecule has 0 aromatic heterocycles. The topological polar surface area (TPSA) is 0 Å². The molecule has 0 fully saturated rings. The molecule has 11 heavy (non-hydrogen) atoms. The van der Waals surface area contributed by atoms with E-state index in [1.165, 1.54) is 5.56 Å². The molecule has 0 nitrogen and oxygen atoms in total. The van der Waals surface area contributed by atoms with Crippen LogP contribution in [0.2, 0.25) is 0 Å². The van der Waals surface area contributed by atoms with Crippen LogP contribution in [0.15, 0.2) is 36.4 Å². The van der Waals surface area contributed by atoms with Crippen molar-refractivity contribution in [1.82, 2.24) is 0 Å². The van der Waals surface area contributed by atoms with E-state index in [1.54, 1.807) is 6.08 Å². The first kappa shape index (κ1) is 10.9. The number of hydrogen-bond acceptors (Lipinski definition) is 0. The van der Waals surface area contributed by atoms with E-state index in [2.05, 4.69) is 39.8 Å². The third kappa shape index (κ3) is 5.21. The van der Waals surface area contributed by atoms with Gasteiger partial charge < -0.3 is 6.58 Å². The number of allylic oxidation sites excluding steroid dienone is 1. The zero-order valence-corrected chi connectivity index (χ0v) is 8.25. The van der Waals surface area contributed by atoms with Crippen LogP contribution in [-0.4, -0.2) is 0 Å². The molecule has 0 aliphatic carbocycles. The molecule has 0 aliphatic rings. The van der Waals surface area contributed by atoms with Gasteiger partial charge in [0.15, 0.2) is 0 Å². The average molecular weight is 259 g/mol. The summed E-state index contributed by atoms with van der Waals surface area (Å²) in [5, 5.41) is 0. The standard InChI is InChI=1S/C9H9.ClH.Pd/c1-2-6-9-7-4-3-5-8-9;;/h1-5,7-8H,6H2;1H;/q-1;;+2/p-1. The SMILES string of the molecule is [CH-]=CCc1ccccc1.[Cl][Pd+]. The normalized spacial score (nSPS) is 7.91. The third-order valence-corrected chi connectivity index (χ3v) is 1.20. The van der Waals surface area contributed by atoms with Crippen LogP contribution < -0.4 is 0 Å². The Morgan fingerprint density at radius 2 is 1.82 bits per heavy atom. The van der Waals surface area contributed by atoms with Crippen LogP contribution >= 0.6 is 9.53 Å². The van der Waals surface area contributed by atoms with E-state index < -0.39 is 0 Å². The molecule has 1 rings (SSSR count). The van der Waals surface area contributed by atoms with Crippen LogP contribution in [0.4, 0.5) is 0 Å². The summed E-state index contributed by atoms with van der Waals surface area (Å²) in [6.07, 6.45) is 2.52. The van der Waals surface area contributed by atoms with Gasteiger partial charge in [-0.3, -0.25) is 6.08 Å².